The van der Waals surface area contributed by atoms with Gasteiger partial charge in [-0.3, -0.25) is 4.98 Å². The molecule has 0 spiro atoms. The first-order chi connectivity index (χ1) is 10.7. The molecule has 3 rings (SSSR count). The topological polar surface area (TPSA) is 60.6 Å². The molecule has 2 aromatic rings. The van der Waals surface area contributed by atoms with Gasteiger partial charge < -0.3 is 14.5 Å². The van der Waals surface area contributed by atoms with Crippen LogP contribution in [0.2, 0.25) is 0 Å². The molecule has 22 heavy (non-hydrogen) atoms. The Morgan fingerprint density at radius 3 is 2.50 bits per heavy atom. The Morgan fingerprint density at radius 1 is 1.18 bits per heavy atom. The fraction of sp³-hybridized carbons (Fsp3) is 0.471. The van der Waals surface area contributed by atoms with Crippen LogP contribution in [0.1, 0.15) is 27.7 Å². The van der Waals surface area contributed by atoms with Gasteiger partial charge in [-0.15, -0.1) is 0 Å². The standard InChI is InChI=1S/C15H19N3O2.C2H6/c1-10-8-18(9-11(2)19-10)12-3-4-14-13(7-12)15(20-16)5-6-17-14;1-2/h3-7,10-11H,8-9,16H2,1-2H3;1-2H3. The molecule has 2 atom stereocenters. The summed E-state index contributed by atoms with van der Waals surface area (Å²) in [5, 5.41) is 0.930. The van der Waals surface area contributed by atoms with Gasteiger partial charge in [0.2, 0.25) is 0 Å². The number of morpholine rings is 1. The Bertz CT molecular complexity index is 608. The van der Waals surface area contributed by atoms with Gasteiger partial charge in [0, 0.05) is 36.4 Å². The predicted octanol–water partition coefficient (Wildman–Crippen LogP) is 3.13. The number of hydrogen-bond acceptors (Lipinski definition) is 5. The summed E-state index contributed by atoms with van der Waals surface area (Å²) in [6, 6.07) is 7.93. The summed E-state index contributed by atoms with van der Waals surface area (Å²) >= 11 is 0. The third kappa shape index (κ3) is 3.48. The van der Waals surface area contributed by atoms with Crippen LogP contribution in [0.3, 0.4) is 0 Å². The van der Waals surface area contributed by atoms with Crippen molar-refractivity contribution < 1.29 is 9.57 Å². The molecule has 0 radical (unpaired) electrons. The average Bonchev–Trinajstić information content (AvgIpc) is 2.54. The molecule has 1 aliphatic heterocycles. The van der Waals surface area contributed by atoms with Gasteiger partial charge in [-0.25, -0.2) is 0 Å². The monoisotopic (exact) mass is 303 g/mol. The van der Waals surface area contributed by atoms with Crippen LogP contribution in [-0.4, -0.2) is 30.3 Å². The zero-order valence-corrected chi connectivity index (χ0v) is 13.7. The molecular formula is C17H25N3O2. The maximum absolute atomic E-state index is 5.77. The minimum atomic E-state index is 0.230. The molecule has 0 aliphatic carbocycles. The van der Waals surface area contributed by atoms with E-state index < -0.39 is 0 Å². The predicted molar refractivity (Wildman–Crippen MR) is 90.1 cm³/mol. The second-order valence-corrected chi connectivity index (χ2v) is 5.29. The summed E-state index contributed by atoms with van der Waals surface area (Å²) < 4.78 is 5.77. The van der Waals surface area contributed by atoms with Gasteiger partial charge in [0.25, 0.3) is 0 Å². The number of anilines is 1. The first-order valence-corrected chi connectivity index (χ1v) is 7.83. The Morgan fingerprint density at radius 2 is 1.86 bits per heavy atom. The van der Waals surface area contributed by atoms with Crippen LogP contribution in [0, 0.1) is 0 Å². The van der Waals surface area contributed by atoms with E-state index >= 15 is 0 Å². The Kier molecular flexibility index (Phi) is 5.57. The molecule has 1 saturated heterocycles. The van der Waals surface area contributed by atoms with Crippen LogP contribution in [0.25, 0.3) is 10.9 Å². The molecule has 1 fully saturated rings. The summed E-state index contributed by atoms with van der Waals surface area (Å²) in [5.74, 6) is 5.97. The third-order valence-electron chi connectivity index (χ3n) is 3.60. The van der Waals surface area contributed by atoms with Crippen LogP contribution >= 0.6 is 0 Å². The molecular weight excluding hydrogens is 278 g/mol. The first-order valence-electron chi connectivity index (χ1n) is 7.83. The maximum Gasteiger partial charge on any atom is 0.157 e. The summed E-state index contributed by atoms with van der Waals surface area (Å²) in [6.45, 7) is 9.96. The van der Waals surface area contributed by atoms with E-state index in [0.717, 1.165) is 29.7 Å². The summed E-state index contributed by atoms with van der Waals surface area (Å²) in [4.78, 5) is 11.6. The summed E-state index contributed by atoms with van der Waals surface area (Å²) in [6.07, 6.45) is 2.16. The highest BCUT2D eigenvalue weighted by atomic mass is 16.6. The number of rotatable bonds is 2. The van der Waals surface area contributed by atoms with Gasteiger partial charge >= 0.3 is 0 Å². The molecule has 1 aromatic carbocycles. The van der Waals surface area contributed by atoms with E-state index in [4.69, 9.17) is 15.5 Å². The van der Waals surface area contributed by atoms with Crippen molar-refractivity contribution in [1.82, 2.24) is 4.98 Å². The molecule has 1 aliphatic rings. The number of benzene rings is 1. The number of aromatic nitrogens is 1. The van der Waals surface area contributed by atoms with Crippen molar-refractivity contribution in [2.75, 3.05) is 18.0 Å². The van der Waals surface area contributed by atoms with Crippen LogP contribution in [-0.2, 0) is 4.74 Å². The highest BCUT2D eigenvalue weighted by molar-refractivity contribution is 5.88. The molecule has 0 saturated carbocycles. The molecule has 0 amide bonds. The van der Waals surface area contributed by atoms with E-state index in [9.17, 15) is 0 Å². The second-order valence-electron chi connectivity index (χ2n) is 5.29. The van der Waals surface area contributed by atoms with E-state index in [1.807, 2.05) is 19.9 Å². The molecule has 2 N–H and O–H groups in total. The highest BCUT2D eigenvalue weighted by Crippen LogP contribution is 2.29. The lowest BCUT2D eigenvalue weighted by Gasteiger charge is -2.37. The van der Waals surface area contributed by atoms with Gasteiger partial charge in [-0.2, -0.15) is 5.90 Å². The van der Waals surface area contributed by atoms with Crippen LogP contribution in [0.15, 0.2) is 30.5 Å². The van der Waals surface area contributed by atoms with Gasteiger partial charge in [0.1, 0.15) is 0 Å². The zero-order chi connectivity index (χ0) is 16.1. The van der Waals surface area contributed by atoms with Crippen molar-refractivity contribution in [3.05, 3.63) is 30.5 Å². The minimum Gasteiger partial charge on any atom is -0.411 e. The molecule has 5 nitrogen and oxygen atoms in total. The Hall–Kier alpha value is -1.85. The lowest BCUT2D eigenvalue weighted by atomic mass is 10.1. The normalized spacial score (nSPS) is 21.2. The number of fused-ring (bicyclic) bond motifs is 1. The largest absolute Gasteiger partial charge is 0.411 e. The van der Waals surface area contributed by atoms with Gasteiger partial charge in [-0.05, 0) is 32.0 Å². The van der Waals surface area contributed by atoms with E-state index in [-0.39, 0.29) is 12.2 Å². The first kappa shape index (κ1) is 16.5. The van der Waals surface area contributed by atoms with Crippen molar-refractivity contribution in [2.45, 2.75) is 39.9 Å². The van der Waals surface area contributed by atoms with Crippen molar-refractivity contribution >= 4 is 16.6 Å². The maximum atomic E-state index is 5.77. The zero-order valence-electron chi connectivity index (χ0n) is 13.7. The van der Waals surface area contributed by atoms with Crippen LogP contribution < -0.4 is 15.6 Å². The molecule has 120 valence electrons. The fourth-order valence-electron chi connectivity index (χ4n) is 2.80. The number of pyridine rings is 1. The highest BCUT2D eigenvalue weighted by Gasteiger charge is 2.22. The Balaban J connectivity index is 0.000000847. The second kappa shape index (κ2) is 7.42. The molecule has 2 unspecified atom stereocenters. The summed E-state index contributed by atoms with van der Waals surface area (Å²) in [5.41, 5.74) is 2.02. The van der Waals surface area contributed by atoms with Gasteiger partial charge in [-0.1, -0.05) is 13.8 Å². The van der Waals surface area contributed by atoms with E-state index in [0.29, 0.717) is 5.75 Å². The lowest BCUT2D eigenvalue weighted by Crippen LogP contribution is -2.45. The van der Waals surface area contributed by atoms with E-state index in [1.54, 1.807) is 12.3 Å². The molecule has 2 heterocycles. The quantitative estimate of drug-likeness (QED) is 0.864. The van der Waals surface area contributed by atoms with Gasteiger partial charge in [0.15, 0.2) is 5.75 Å². The minimum absolute atomic E-state index is 0.230. The van der Waals surface area contributed by atoms with E-state index in [2.05, 4.69) is 35.9 Å². The van der Waals surface area contributed by atoms with Crippen molar-refractivity contribution in [1.29, 1.82) is 0 Å². The number of nitrogens with zero attached hydrogens (tertiary/aromatic N) is 2. The van der Waals surface area contributed by atoms with Crippen LogP contribution in [0.4, 0.5) is 5.69 Å². The van der Waals surface area contributed by atoms with E-state index in [1.165, 1.54) is 0 Å². The number of nitrogens with two attached hydrogens (primary N) is 1. The number of ether oxygens (including phenoxy) is 1. The number of hydrogen-bond donors (Lipinski definition) is 1. The fourth-order valence-corrected chi connectivity index (χ4v) is 2.80. The van der Waals surface area contributed by atoms with Gasteiger partial charge in [0.05, 0.1) is 17.7 Å². The van der Waals surface area contributed by atoms with Crippen molar-refractivity contribution in [3.8, 4) is 5.75 Å². The summed E-state index contributed by atoms with van der Waals surface area (Å²) in [7, 11) is 0. The third-order valence-corrected chi connectivity index (χ3v) is 3.60. The SMILES string of the molecule is CC.CC1CN(c2ccc3nccc(ON)c3c2)CC(C)O1. The molecule has 1 aromatic heterocycles. The molecule has 0 bridgehead atoms. The average molecular weight is 303 g/mol. The van der Waals surface area contributed by atoms with Crippen LogP contribution in [0.5, 0.6) is 5.75 Å². The lowest BCUT2D eigenvalue weighted by molar-refractivity contribution is -0.00520. The Labute approximate surface area is 132 Å². The molecule has 5 heteroatoms. The van der Waals surface area contributed by atoms with Crippen molar-refractivity contribution in [2.24, 2.45) is 5.90 Å². The van der Waals surface area contributed by atoms with Crippen molar-refractivity contribution in [3.63, 3.8) is 0 Å². The smallest absolute Gasteiger partial charge is 0.157 e.